The largest absolute Gasteiger partial charge is 0.495 e. The summed E-state index contributed by atoms with van der Waals surface area (Å²) in [7, 11) is 0. The highest BCUT2D eigenvalue weighted by atomic mass is 32.1. The normalized spacial score (nSPS) is 21.5. The molecule has 11 heteroatoms. The second-order valence-corrected chi connectivity index (χ2v) is 6.85. The van der Waals surface area contributed by atoms with E-state index < -0.39 is 23.6 Å². The third-order valence-corrected chi connectivity index (χ3v) is 4.58. The molecular formula is C16H18N4O6S. The van der Waals surface area contributed by atoms with Gasteiger partial charge in [0.05, 0.1) is 12.5 Å². The van der Waals surface area contributed by atoms with E-state index in [1.807, 2.05) is 0 Å². The van der Waals surface area contributed by atoms with E-state index in [0.717, 1.165) is 11.3 Å². The van der Waals surface area contributed by atoms with Crippen LogP contribution in [0.1, 0.15) is 20.3 Å². The SMILES string of the molecule is CC(=O)OCC1CC(COC(C)=O)(n2cc(-c3csc(O)n3)nn2)C=CO1. The molecule has 2 atom stereocenters. The Labute approximate surface area is 158 Å². The fourth-order valence-corrected chi connectivity index (χ4v) is 3.19. The van der Waals surface area contributed by atoms with Gasteiger partial charge in [-0.2, -0.15) is 0 Å². The molecule has 2 aromatic heterocycles. The van der Waals surface area contributed by atoms with Crippen LogP contribution < -0.4 is 0 Å². The maximum Gasteiger partial charge on any atom is 0.302 e. The lowest BCUT2D eigenvalue weighted by Gasteiger charge is -2.35. The zero-order valence-electron chi connectivity index (χ0n) is 14.7. The van der Waals surface area contributed by atoms with E-state index >= 15 is 0 Å². The molecule has 0 aliphatic carbocycles. The second-order valence-electron chi connectivity index (χ2n) is 6.02. The van der Waals surface area contributed by atoms with Crippen LogP contribution in [0, 0.1) is 0 Å². The number of aromatic hydroxyl groups is 1. The Morgan fingerprint density at radius 3 is 2.81 bits per heavy atom. The lowest BCUT2D eigenvalue weighted by atomic mass is 9.91. The van der Waals surface area contributed by atoms with Gasteiger partial charge < -0.3 is 19.3 Å². The summed E-state index contributed by atoms with van der Waals surface area (Å²) < 4.78 is 17.3. The number of nitrogens with zero attached hydrogens (tertiary/aromatic N) is 4. The van der Waals surface area contributed by atoms with Gasteiger partial charge in [0.2, 0.25) is 0 Å². The van der Waals surface area contributed by atoms with Crippen molar-refractivity contribution in [2.75, 3.05) is 13.2 Å². The van der Waals surface area contributed by atoms with Crippen molar-refractivity contribution in [3.8, 4) is 16.6 Å². The first-order valence-electron chi connectivity index (χ1n) is 8.05. The average Bonchev–Trinajstić information content (AvgIpc) is 3.28. The molecule has 0 radical (unpaired) electrons. The molecule has 2 aromatic rings. The first-order chi connectivity index (χ1) is 12.9. The van der Waals surface area contributed by atoms with E-state index in [-0.39, 0.29) is 18.4 Å². The minimum Gasteiger partial charge on any atom is -0.495 e. The number of hydrogen-bond acceptors (Lipinski definition) is 10. The summed E-state index contributed by atoms with van der Waals surface area (Å²) in [5, 5.41) is 19.3. The Morgan fingerprint density at radius 1 is 1.37 bits per heavy atom. The molecule has 10 nitrogen and oxygen atoms in total. The van der Waals surface area contributed by atoms with Crippen molar-refractivity contribution < 1.29 is 28.9 Å². The van der Waals surface area contributed by atoms with Gasteiger partial charge in [0.25, 0.3) is 5.19 Å². The van der Waals surface area contributed by atoms with Gasteiger partial charge >= 0.3 is 11.9 Å². The predicted octanol–water partition coefficient (Wildman–Crippen LogP) is 1.23. The van der Waals surface area contributed by atoms with Gasteiger partial charge in [-0.25, -0.2) is 9.67 Å². The molecule has 3 heterocycles. The van der Waals surface area contributed by atoms with E-state index in [1.165, 1.54) is 20.1 Å². The number of thiazole rings is 1. The monoisotopic (exact) mass is 394 g/mol. The number of esters is 2. The van der Waals surface area contributed by atoms with Crippen LogP contribution >= 0.6 is 11.3 Å². The van der Waals surface area contributed by atoms with Crippen LogP contribution in [0.25, 0.3) is 11.4 Å². The topological polar surface area (TPSA) is 126 Å². The molecule has 0 aromatic carbocycles. The van der Waals surface area contributed by atoms with Crippen molar-refractivity contribution in [3.63, 3.8) is 0 Å². The minimum atomic E-state index is -0.863. The fourth-order valence-electron chi connectivity index (χ4n) is 2.65. The van der Waals surface area contributed by atoms with Gasteiger partial charge in [-0.15, -0.1) is 5.10 Å². The molecule has 1 aliphatic heterocycles. The van der Waals surface area contributed by atoms with Crippen LogP contribution in [0.4, 0.5) is 0 Å². The number of ether oxygens (including phenoxy) is 3. The quantitative estimate of drug-likeness (QED) is 0.720. The Kier molecular flexibility index (Phi) is 5.40. The van der Waals surface area contributed by atoms with Crippen LogP contribution in [0.3, 0.4) is 0 Å². The zero-order chi connectivity index (χ0) is 19.4. The predicted molar refractivity (Wildman–Crippen MR) is 92.7 cm³/mol. The van der Waals surface area contributed by atoms with E-state index in [4.69, 9.17) is 14.2 Å². The molecule has 1 aliphatic rings. The highest BCUT2D eigenvalue weighted by molar-refractivity contribution is 7.11. The smallest absolute Gasteiger partial charge is 0.302 e. The van der Waals surface area contributed by atoms with Crippen LogP contribution in [-0.2, 0) is 29.3 Å². The second kappa shape index (κ2) is 7.74. The van der Waals surface area contributed by atoms with Gasteiger partial charge in [-0.3, -0.25) is 9.59 Å². The molecule has 0 saturated heterocycles. The summed E-state index contributed by atoms with van der Waals surface area (Å²) in [5.41, 5.74) is 0.0852. The summed E-state index contributed by atoms with van der Waals surface area (Å²) in [6.07, 6.45) is 4.74. The molecule has 27 heavy (non-hydrogen) atoms. The third-order valence-electron chi connectivity index (χ3n) is 3.93. The van der Waals surface area contributed by atoms with Crippen LogP contribution in [-0.4, -0.2) is 56.3 Å². The third kappa shape index (κ3) is 4.42. The Balaban J connectivity index is 1.87. The maximum absolute atomic E-state index is 11.4. The lowest BCUT2D eigenvalue weighted by molar-refractivity contribution is -0.146. The first kappa shape index (κ1) is 18.8. The van der Waals surface area contributed by atoms with Crippen molar-refractivity contribution in [3.05, 3.63) is 23.9 Å². The van der Waals surface area contributed by atoms with Crippen molar-refractivity contribution in [1.82, 2.24) is 20.0 Å². The molecule has 2 unspecified atom stereocenters. The number of rotatable bonds is 6. The van der Waals surface area contributed by atoms with E-state index in [0.29, 0.717) is 17.8 Å². The Bertz CT molecular complexity index is 863. The molecule has 3 rings (SSSR count). The Morgan fingerprint density at radius 2 is 2.15 bits per heavy atom. The van der Waals surface area contributed by atoms with Crippen LogP contribution in [0.2, 0.25) is 0 Å². The summed E-state index contributed by atoms with van der Waals surface area (Å²) in [4.78, 5) is 26.4. The molecule has 0 bridgehead atoms. The van der Waals surface area contributed by atoms with Gasteiger partial charge in [0, 0.05) is 25.6 Å². The van der Waals surface area contributed by atoms with Gasteiger partial charge in [0.15, 0.2) is 0 Å². The minimum absolute atomic E-state index is 0.00385. The van der Waals surface area contributed by atoms with Gasteiger partial charge in [-0.05, 0) is 6.08 Å². The standard InChI is InChI=1S/C16H18N4O6S/c1-10(21)25-7-12-5-16(3-4-24-12,9-26-11(2)22)20-6-13(18-19-20)14-8-27-15(23)17-14/h3-4,6,8,12H,5,7,9H2,1-2H3,(H,17,23). The van der Waals surface area contributed by atoms with Crippen molar-refractivity contribution in [1.29, 1.82) is 0 Å². The first-order valence-corrected chi connectivity index (χ1v) is 8.93. The van der Waals surface area contributed by atoms with Gasteiger partial charge in [-0.1, -0.05) is 16.6 Å². The summed E-state index contributed by atoms with van der Waals surface area (Å²) >= 11 is 1.08. The van der Waals surface area contributed by atoms with E-state index in [9.17, 15) is 14.7 Å². The summed E-state index contributed by atoms with van der Waals surface area (Å²) in [6, 6.07) is 0. The molecule has 0 spiro atoms. The number of carbonyl (C=O) groups excluding carboxylic acids is 2. The highest BCUT2D eigenvalue weighted by Gasteiger charge is 2.39. The Hall–Kier alpha value is -2.95. The fraction of sp³-hybridized carbons (Fsp3) is 0.438. The molecule has 0 saturated carbocycles. The molecule has 0 fully saturated rings. The van der Waals surface area contributed by atoms with Gasteiger partial charge in [0.1, 0.15) is 36.2 Å². The van der Waals surface area contributed by atoms with Crippen LogP contribution in [0.15, 0.2) is 23.9 Å². The molecule has 144 valence electrons. The summed E-state index contributed by atoms with van der Waals surface area (Å²) in [6.45, 7) is 2.70. The van der Waals surface area contributed by atoms with E-state index in [2.05, 4.69) is 15.3 Å². The van der Waals surface area contributed by atoms with Crippen molar-refractivity contribution in [2.24, 2.45) is 0 Å². The molecule has 0 amide bonds. The highest BCUT2D eigenvalue weighted by Crippen LogP contribution is 2.32. The van der Waals surface area contributed by atoms with Crippen LogP contribution in [0.5, 0.6) is 5.19 Å². The number of carbonyl (C=O) groups is 2. The zero-order valence-corrected chi connectivity index (χ0v) is 15.5. The number of hydrogen-bond donors (Lipinski definition) is 1. The summed E-state index contributed by atoms with van der Waals surface area (Å²) in [5.74, 6) is -0.847. The molecular weight excluding hydrogens is 376 g/mol. The van der Waals surface area contributed by atoms with E-state index in [1.54, 1.807) is 22.3 Å². The average molecular weight is 394 g/mol. The number of aromatic nitrogens is 4. The maximum atomic E-state index is 11.4. The lowest BCUT2D eigenvalue weighted by Crippen LogP contribution is -2.44. The van der Waals surface area contributed by atoms with Crippen molar-refractivity contribution in [2.45, 2.75) is 31.9 Å². The molecule has 1 N–H and O–H groups in total. The van der Waals surface area contributed by atoms with Crippen molar-refractivity contribution >= 4 is 23.3 Å².